The van der Waals surface area contributed by atoms with Crippen molar-refractivity contribution in [2.45, 2.75) is 70.7 Å². The van der Waals surface area contributed by atoms with Gasteiger partial charge in [-0.15, -0.1) is 0 Å². The number of morpholine rings is 1. The van der Waals surface area contributed by atoms with E-state index in [0.29, 0.717) is 44.6 Å². The van der Waals surface area contributed by atoms with E-state index >= 15 is 0 Å². The average molecular weight is 543 g/mol. The highest BCUT2D eigenvalue weighted by molar-refractivity contribution is 6.01. The maximum atomic E-state index is 13.8. The Bertz CT molecular complexity index is 1040. The Morgan fingerprint density at radius 3 is 2.36 bits per heavy atom. The first-order valence-electron chi connectivity index (χ1n) is 14.1. The first-order valence-corrected chi connectivity index (χ1v) is 14.1. The predicted molar refractivity (Wildman–Crippen MR) is 147 cm³/mol. The molecule has 0 bridgehead atoms. The summed E-state index contributed by atoms with van der Waals surface area (Å²) in [5, 5.41) is 2.94. The van der Waals surface area contributed by atoms with Gasteiger partial charge in [-0.1, -0.05) is 27.2 Å². The van der Waals surface area contributed by atoms with Crippen LogP contribution in [-0.2, 0) is 23.9 Å². The summed E-state index contributed by atoms with van der Waals surface area (Å²) in [5.41, 5.74) is 1.50. The Labute approximate surface area is 231 Å². The molecular formula is C29H42N4O6. The molecular weight excluding hydrogens is 500 g/mol. The molecule has 3 heterocycles. The molecule has 10 heteroatoms. The summed E-state index contributed by atoms with van der Waals surface area (Å²) in [4.78, 5) is 58.6. The summed E-state index contributed by atoms with van der Waals surface area (Å²) in [7, 11) is 1.51. The second-order valence-corrected chi connectivity index (χ2v) is 11.1. The second-order valence-electron chi connectivity index (χ2n) is 11.1. The third-order valence-electron chi connectivity index (χ3n) is 7.92. The van der Waals surface area contributed by atoms with Crippen molar-refractivity contribution in [1.29, 1.82) is 0 Å². The van der Waals surface area contributed by atoms with Gasteiger partial charge in [-0.05, 0) is 49.4 Å². The third kappa shape index (κ3) is 6.44. The maximum absolute atomic E-state index is 13.8. The smallest absolute Gasteiger partial charge is 0.252 e. The lowest BCUT2D eigenvalue weighted by Gasteiger charge is -2.30. The van der Waals surface area contributed by atoms with Crippen LogP contribution in [0.15, 0.2) is 24.3 Å². The zero-order chi connectivity index (χ0) is 28.1. The Morgan fingerprint density at radius 2 is 1.74 bits per heavy atom. The molecule has 39 heavy (non-hydrogen) atoms. The summed E-state index contributed by atoms with van der Waals surface area (Å²) in [6.07, 6.45) is 1.76. The van der Waals surface area contributed by atoms with Gasteiger partial charge in [0.2, 0.25) is 5.91 Å². The standard InChI is InChI=1S/C29H42N4O6/c1-5-6-25(38-4)29(37)33-18-24(34)26-23(33)11-12-32(26)28(36)22(17-19(2)3)30-27(35)20-7-9-21(10-8-20)31-13-15-39-16-14-31/h7-10,19,22-23,25-26H,5-6,11-18H2,1-4H3,(H,30,35). The molecule has 0 aliphatic carbocycles. The number of methoxy groups -OCH3 is 1. The molecule has 1 aromatic carbocycles. The van der Waals surface area contributed by atoms with E-state index in [1.165, 1.54) is 7.11 Å². The van der Waals surface area contributed by atoms with E-state index < -0.39 is 18.2 Å². The predicted octanol–water partition coefficient (Wildman–Crippen LogP) is 1.86. The first-order chi connectivity index (χ1) is 18.7. The number of rotatable bonds is 10. The molecule has 0 radical (unpaired) electrons. The number of carbonyl (C=O) groups excluding carboxylic acids is 4. The zero-order valence-corrected chi connectivity index (χ0v) is 23.6. The molecule has 3 aliphatic rings. The summed E-state index contributed by atoms with van der Waals surface area (Å²) in [6.45, 7) is 9.30. The van der Waals surface area contributed by atoms with Crippen molar-refractivity contribution in [2.24, 2.45) is 5.92 Å². The van der Waals surface area contributed by atoms with Crippen LogP contribution in [0.1, 0.15) is 56.8 Å². The highest BCUT2D eigenvalue weighted by Gasteiger charge is 2.53. The van der Waals surface area contributed by atoms with Gasteiger partial charge >= 0.3 is 0 Å². The number of nitrogens with zero attached hydrogens (tertiary/aromatic N) is 3. The Balaban J connectivity index is 1.45. The molecule has 3 saturated heterocycles. The number of carbonyl (C=O) groups is 4. The number of hydrogen-bond donors (Lipinski definition) is 1. The van der Waals surface area contributed by atoms with Crippen molar-refractivity contribution in [2.75, 3.05) is 51.4 Å². The van der Waals surface area contributed by atoms with Gasteiger partial charge in [0.1, 0.15) is 18.2 Å². The van der Waals surface area contributed by atoms with Gasteiger partial charge in [-0.25, -0.2) is 0 Å². The Kier molecular flexibility index (Phi) is 9.61. The van der Waals surface area contributed by atoms with Crippen LogP contribution in [0.5, 0.6) is 0 Å². The van der Waals surface area contributed by atoms with Crippen molar-refractivity contribution >= 4 is 29.2 Å². The maximum Gasteiger partial charge on any atom is 0.252 e. The minimum atomic E-state index is -0.764. The van der Waals surface area contributed by atoms with Crippen LogP contribution < -0.4 is 10.2 Å². The molecule has 0 spiro atoms. The lowest BCUT2D eigenvalue weighted by Crippen LogP contribution is -2.53. The molecule has 3 fully saturated rings. The third-order valence-corrected chi connectivity index (χ3v) is 7.92. The topological polar surface area (TPSA) is 108 Å². The van der Waals surface area contributed by atoms with Crippen molar-refractivity contribution in [3.8, 4) is 0 Å². The number of fused-ring (bicyclic) bond motifs is 1. The molecule has 0 saturated carbocycles. The second kappa shape index (κ2) is 12.9. The molecule has 3 amide bonds. The quantitative estimate of drug-likeness (QED) is 0.481. The van der Waals surface area contributed by atoms with Gasteiger partial charge in [0.05, 0.1) is 25.8 Å². The van der Waals surface area contributed by atoms with Crippen LogP contribution in [0.4, 0.5) is 5.69 Å². The number of ketones is 1. The summed E-state index contributed by atoms with van der Waals surface area (Å²) in [5.74, 6) is -0.777. The molecule has 10 nitrogen and oxygen atoms in total. The summed E-state index contributed by atoms with van der Waals surface area (Å²) in [6, 6.07) is 5.58. The number of ether oxygens (including phenoxy) is 2. The van der Waals surface area contributed by atoms with Crippen LogP contribution in [0, 0.1) is 5.92 Å². The fourth-order valence-electron chi connectivity index (χ4n) is 5.93. The number of amides is 3. The number of anilines is 1. The fraction of sp³-hybridized carbons (Fsp3) is 0.655. The lowest BCUT2D eigenvalue weighted by atomic mass is 10.0. The van der Waals surface area contributed by atoms with E-state index in [2.05, 4.69) is 10.2 Å². The van der Waals surface area contributed by atoms with Gasteiger partial charge in [0, 0.05) is 38.0 Å². The van der Waals surface area contributed by atoms with E-state index in [0.717, 1.165) is 25.2 Å². The monoisotopic (exact) mass is 542 g/mol. The summed E-state index contributed by atoms with van der Waals surface area (Å²) < 4.78 is 10.8. The Hall–Kier alpha value is -2.98. The molecule has 4 unspecified atom stereocenters. The van der Waals surface area contributed by atoms with Gasteiger partial charge in [-0.2, -0.15) is 0 Å². The van der Waals surface area contributed by atoms with Crippen molar-refractivity contribution in [1.82, 2.24) is 15.1 Å². The number of benzene rings is 1. The van der Waals surface area contributed by atoms with Crippen molar-refractivity contribution in [3.05, 3.63) is 29.8 Å². The molecule has 1 aromatic rings. The number of likely N-dealkylation sites (tertiary alicyclic amines) is 2. The van der Waals surface area contributed by atoms with Gasteiger partial charge < -0.3 is 29.5 Å². The van der Waals surface area contributed by atoms with Crippen LogP contribution in [0.25, 0.3) is 0 Å². The van der Waals surface area contributed by atoms with Gasteiger partial charge in [0.25, 0.3) is 11.8 Å². The lowest BCUT2D eigenvalue weighted by molar-refractivity contribution is -0.144. The highest BCUT2D eigenvalue weighted by Crippen LogP contribution is 2.32. The van der Waals surface area contributed by atoms with Gasteiger partial charge in [-0.3, -0.25) is 19.2 Å². The van der Waals surface area contributed by atoms with Crippen molar-refractivity contribution < 1.29 is 28.7 Å². The van der Waals surface area contributed by atoms with E-state index in [1.54, 1.807) is 21.9 Å². The van der Waals surface area contributed by atoms with Crippen LogP contribution in [0.2, 0.25) is 0 Å². The van der Waals surface area contributed by atoms with E-state index in [9.17, 15) is 19.2 Å². The van der Waals surface area contributed by atoms with E-state index in [1.807, 2.05) is 32.9 Å². The fourth-order valence-corrected chi connectivity index (χ4v) is 5.93. The number of nitrogens with one attached hydrogen (secondary N) is 1. The van der Waals surface area contributed by atoms with Crippen LogP contribution >= 0.6 is 0 Å². The minimum Gasteiger partial charge on any atom is -0.378 e. The Morgan fingerprint density at radius 1 is 1.05 bits per heavy atom. The van der Waals surface area contributed by atoms with Crippen LogP contribution in [0.3, 0.4) is 0 Å². The highest BCUT2D eigenvalue weighted by atomic mass is 16.5. The normalized spacial score (nSPS) is 22.7. The number of hydrogen-bond acceptors (Lipinski definition) is 7. The largest absolute Gasteiger partial charge is 0.378 e. The molecule has 4 atom stereocenters. The average Bonchev–Trinajstić information content (AvgIpc) is 3.52. The molecule has 1 N–H and O–H groups in total. The van der Waals surface area contributed by atoms with Crippen molar-refractivity contribution in [3.63, 3.8) is 0 Å². The molecule has 0 aromatic heterocycles. The molecule has 4 rings (SSSR count). The van der Waals surface area contributed by atoms with Crippen LogP contribution in [-0.4, -0.2) is 104 Å². The number of Topliss-reactive ketones (excluding diaryl/α,β-unsaturated/α-hetero) is 1. The SMILES string of the molecule is CCCC(OC)C(=O)N1CC(=O)C2C1CCN2C(=O)C(CC(C)C)NC(=O)c1ccc(N2CCOCC2)cc1. The van der Waals surface area contributed by atoms with E-state index in [4.69, 9.17) is 9.47 Å². The molecule has 214 valence electrons. The minimum absolute atomic E-state index is 0.0157. The molecule has 3 aliphatic heterocycles. The van der Waals surface area contributed by atoms with E-state index in [-0.39, 0.29) is 42.0 Å². The van der Waals surface area contributed by atoms with Gasteiger partial charge in [0.15, 0.2) is 5.78 Å². The zero-order valence-electron chi connectivity index (χ0n) is 23.6. The first kappa shape index (κ1) is 29.0. The summed E-state index contributed by atoms with van der Waals surface area (Å²) >= 11 is 0.